The molecule has 0 saturated heterocycles. The van der Waals surface area contributed by atoms with E-state index in [-0.39, 0.29) is 0 Å². The van der Waals surface area contributed by atoms with E-state index in [4.69, 9.17) is 5.73 Å². The molecular formula is C14H25BrN2S. The minimum atomic E-state index is 0.359. The maximum absolute atomic E-state index is 6.01. The predicted octanol–water partition coefficient (Wildman–Crippen LogP) is 4.41. The lowest BCUT2D eigenvalue weighted by Gasteiger charge is -2.33. The van der Waals surface area contributed by atoms with Crippen molar-refractivity contribution >= 4 is 27.3 Å². The molecule has 1 heterocycles. The molecule has 0 bridgehead atoms. The van der Waals surface area contributed by atoms with Crippen molar-refractivity contribution in [1.82, 2.24) is 4.90 Å². The topological polar surface area (TPSA) is 29.3 Å². The van der Waals surface area contributed by atoms with Crippen LogP contribution < -0.4 is 5.73 Å². The van der Waals surface area contributed by atoms with Crippen LogP contribution in [0.3, 0.4) is 0 Å². The van der Waals surface area contributed by atoms with E-state index in [1.807, 2.05) is 0 Å². The average Bonchev–Trinajstić information content (AvgIpc) is 2.74. The fourth-order valence-electron chi connectivity index (χ4n) is 2.24. The molecule has 1 rings (SSSR count). The van der Waals surface area contributed by atoms with Gasteiger partial charge in [-0.05, 0) is 54.9 Å². The first kappa shape index (κ1) is 16.2. The molecule has 2 nitrogen and oxygen atoms in total. The highest BCUT2D eigenvalue weighted by Crippen LogP contribution is 2.31. The standard InChI is InChI=1S/C14H25BrN2S/c1-4-5-6-9-17(11(2)3)12(10-16)13-7-8-14(15)18-13/h7-8,11-12H,4-6,9-10,16H2,1-3H3. The molecule has 4 heteroatoms. The highest BCUT2D eigenvalue weighted by Gasteiger charge is 2.22. The smallest absolute Gasteiger partial charge is 0.0702 e. The summed E-state index contributed by atoms with van der Waals surface area (Å²) in [7, 11) is 0. The summed E-state index contributed by atoms with van der Waals surface area (Å²) in [6, 6.07) is 5.21. The van der Waals surface area contributed by atoms with Gasteiger partial charge >= 0.3 is 0 Å². The van der Waals surface area contributed by atoms with Gasteiger partial charge in [-0.2, -0.15) is 0 Å². The Bertz CT molecular complexity index is 338. The summed E-state index contributed by atoms with van der Waals surface area (Å²) in [5.74, 6) is 0. The van der Waals surface area contributed by atoms with Crippen LogP contribution in [0.1, 0.15) is 51.0 Å². The van der Waals surface area contributed by atoms with Crippen LogP contribution in [0.25, 0.3) is 0 Å². The van der Waals surface area contributed by atoms with Crippen LogP contribution in [-0.2, 0) is 0 Å². The van der Waals surface area contributed by atoms with Crippen molar-refractivity contribution in [3.8, 4) is 0 Å². The normalized spacial score (nSPS) is 13.5. The van der Waals surface area contributed by atoms with Gasteiger partial charge in [0.15, 0.2) is 0 Å². The molecule has 0 aliphatic heterocycles. The zero-order valence-corrected chi connectivity index (χ0v) is 14.1. The zero-order chi connectivity index (χ0) is 13.5. The monoisotopic (exact) mass is 332 g/mol. The Morgan fingerprint density at radius 3 is 2.50 bits per heavy atom. The molecule has 0 fully saturated rings. The average molecular weight is 333 g/mol. The summed E-state index contributed by atoms with van der Waals surface area (Å²) in [6.07, 6.45) is 3.83. The van der Waals surface area contributed by atoms with Crippen LogP contribution >= 0.6 is 27.3 Å². The molecule has 104 valence electrons. The van der Waals surface area contributed by atoms with E-state index in [2.05, 4.69) is 53.7 Å². The second kappa shape index (κ2) is 8.31. The second-order valence-corrected chi connectivity index (χ2v) is 7.43. The minimum absolute atomic E-state index is 0.359. The van der Waals surface area contributed by atoms with E-state index < -0.39 is 0 Å². The van der Waals surface area contributed by atoms with Crippen molar-refractivity contribution < 1.29 is 0 Å². The summed E-state index contributed by atoms with van der Waals surface area (Å²) >= 11 is 5.34. The zero-order valence-electron chi connectivity index (χ0n) is 11.7. The van der Waals surface area contributed by atoms with Crippen molar-refractivity contribution in [3.63, 3.8) is 0 Å². The lowest BCUT2D eigenvalue weighted by Crippen LogP contribution is -2.39. The molecule has 2 N–H and O–H groups in total. The van der Waals surface area contributed by atoms with Crippen LogP contribution in [-0.4, -0.2) is 24.0 Å². The first-order chi connectivity index (χ1) is 8.60. The molecular weight excluding hydrogens is 308 g/mol. The third kappa shape index (κ3) is 4.65. The lowest BCUT2D eigenvalue weighted by molar-refractivity contribution is 0.156. The van der Waals surface area contributed by atoms with Crippen molar-refractivity contribution in [1.29, 1.82) is 0 Å². The Hall–Kier alpha value is 0.1000. The minimum Gasteiger partial charge on any atom is -0.329 e. The number of nitrogens with zero attached hydrogens (tertiary/aromatic N) is 1. The Morgan fingerprint density at radius 2 is 2.06 bits per heavy atom. The fraction of sp³-hybridized carbons (Fsp3) is 0.714. The molecule has 1 aromatic rings. The van der Waals surface area contributed by atoms with Gasteiger partial charge in [-0.25, -0.2) is 0 Å². The SMILES string of the molecule is CCCCCN(C(C)C)C(CN)c1ccc(Br)s1. The Balaban J connectivity index is 2.74. The Labute approximate surface area is 124 Å². The van der Waals surface area contributed by atoms with Gasteiger partial charge in [0, 0.05) is 17.5 Å². The highest BCUT2D eigenvalue weighted by molar-refractivity contribution is 9.11. The number of thiophene rings is 1. The van der Waals surface area contributed by atoms with Crippen molar-refractivity contribution in [2.45, 2.75) is 52.1 Å². The molecule has 0 aromatic carbocycles. The molecule has 1 unspecified atom stereocenters. The van der Waals surface area contributed by atoms with Crippen molar-refractivity contribution in [2.75, 3.05) is 13.1 Å². The summed E-state index contributed by atoms with van der Waals surface area (Å²) in [4.78, 5) is 3.91. The van der Waals surface area contributed by atoms with Gasteiger partial charge in [0.1, 0.15) is 0 Å². The van der Waals surface area contributed by atoms with E-state index >= 15 is 0 Å². The second-order valence-electron chi connectivity index (χ2n) is 4.93. The predicted molar refractivity (Wildman–Crippen MR) is 85.2 cm³/mol. The van der Waals surface area contributed by atoms with Gasteiger partial charge in [0.2, 0.25) is 0 Å². The van der Waals surface area contributed by atoms with Crippen molar-refractivity contribution in [3.05, 3.63) is 20.8 Å². The van der Waals surface area contributed by atoms with E-state index in [0.717, 1.165) is 6.54 Å². The number of nitrogens with two attached hydrogens (primary N) is 1. The van der Waals surface area contributed by atoms with Gasteiger partial charge in [-0.1, -0.05) is 19.8 Å². The molecule has 0 amide bonds. The van der Waals surface area contributed by atoms with Crippen LogP contribution in [0.15, 0.2) is 15.9 Å². The van der Waals surface area contributed by atoms with Gasteiger partial charge in [-0.15, -0.1) is 11.3 Å². The fourth-order valence-corrected chi connectivity index (χ4v) is 3.80. The Kier molecular flexibility index (Phi) is 7.46. The van der Waals surface area contributed by atoms with Crippen molar-refractivity contribution in [2.24, 2.45) is 5.73 Å². The third-order valence-electron chi connectivity index (χ3n) is 3.23. The van der Waals surface area contributed by atoms with E-state index in [1.54, 1.807) is 11.3 Å². The van der Waals surface area contributed by atoms with Crippen LogP contribution in [0.2, 0.25) is 0 Å². The van der Waals surface area contributed by atoms with Gasteiger partial charge in [-0.3, -0.25) is 4.90 Å². The summed E-state index contributed by atoms with van der Waals surface area (Å²) in [6.45, 7) is 8.60. The van der Waals surface area contributed by atoms with Crippen LogP contribution in [0.4, 0.5) is 0 Å². The molecule has 0 aliphatic carbocycles. The molecule has 0 radical (unpaired) electrons. The van der Waals surface area contributed by atoms with Crippen LogP contribution in [0, 0.1) is 0 Å². The maximum atomic E-state index is 6.01. The quantitative estimate of drug-likeness (QED) is 0.714. The molecule has 0 spiro atoms. The number of rotatable bonds is 8. The van der Waals surface area contributed by atoms with Gasteiger partial charge in [0.25, 0.3) is 0 Å². The summed E-state index contributed by atoms with van der Waals surface area (Å²) in [5, 5.41) is 0. The Morgan fingerprint density at radius 1 is 1.33 bits per heavy atom. The number of hydrogen-bond donors (Lipinski definition) is 1. The summed E-state index contributed by atoms with van der Waals surface area (Å²) in [5.41, 5.74) is 6.01. The lowest BCUT2D eigenvalue weighted by atomic mass is 10.1. The number of halogens is 1. The number of hydrogen-bond acceptors (Lipinski definition) is 3. The van der Waals surface area contributed by atoms with E-state index in [9.17, 15) is 0 Å². The van der Waals surface area contributed by atoms with Crippen LogP contribution in [0.5, 0.6) is 0 Å². The molecule has 0 aliphatic rings. The van der Waals surface area contributed by atoms with Gasteiger partial charge in [0.05, 0.1) is 9.83 Å². The summed E-state index contributed by atoms with van der Waals surface area (Å²) < 4.78 is 1.19. The maximum Gasteiger partial charge on any atom is 0.0702 e. The largest absolute Gasteiger partial charge is 0.329 e. The third-order valence-corrected chi connectivity index (χ3v) is 4.95. The van der Waals surface area contributed by atoms with E-state index in [0.29, 0.717) is 18.6 Å². The first-order valence-electron chi connectivity index (χ1n) is 6.81. The van der Waals surface area contributed by atoms with E-state index in [1.165, 1.54) is 27.9 Å². The highest BCUT2D eigenvalue weighted by atomic mass is 79.9. The molecule has 1 aromatic heterocycles. The molecule has 18 heavy (non-hydrogen) atoms. The molecule has 0 saturated carbocycles. The molecule has 1 atom stereocenters. The number of unbranched alkanes of at least 4 members (excludes halogenated alkanes) is 2. The first-order valence-corrected chi connectivity index (χ1v) is 8.42. The van der Waals surface area contributed by atoms with Gasteiger partial charge < -0.3 is 5.73 Å².